The highest BCUT2D eigenvalue weighted by molar-refractivity contribution is 5.95. The van der Waals surface area contributed by atoms with Gasteiger partial charge in [-0.1, -0.05) is 0 Å². The first-order valence-corrected chi connectivity index (χ1v) is 6.49. The molecule has 20 heavy (non-hydrogen) atoms. The number of nitro groups is 1. The Kier molecular flexibility index (Phi) is 3.17. The molecule has 1 aliphatic carbocycles. The van der Waals surface area contributed by atoms with Gasteiger partial charge >= 0.3 is 0 Å². The molecule has 0 saturated heterocycles. The van der Waals surface area contributed by atoms with Crippen LogP contribution in [0.25, 0.3) is 0 Å². The molecule has 1 saturated carbocycles. The minimum Gasteiger partial charge on any atom is -0.490 e. The Morgan fingerprint density at radius 2 is 2.05 bits per heavy atom. The molecule has 0 bridgehead atoms. The summed E-state index contributed by atoms with van der Waals surface area (Å²) in [6.07, 6.45) is 1.12. The molecule has 2 atom stereocenters. The van der Waals surface area contributed by atoms with Crippen LogP contribution in [0.3, 0.4) is 0 Å². The fraction of sp³-hybridized carbons (Fsp3) is 0.462. The van der Waals surface area contributed by atoms with Crippen LogP contribution in [0.1, 0.15) is 12.8 Å². The standard InChI is InChI=1S/C13H14N2O5/c16-13(9-7-10(9)15(17)18)14-8-2-3-11-12(6-8)20-5-1-4-19-11/h2-3,6,9-10H,1,4-5,7H2,(H,14,16). The first-order valence-electron chi connectivity index (χ1n) is 6.49. The van der Waals surface area contributed by atoms with Crippen molar-refractivity contribution in [2.75, 3.05) is 18.5 Å². The predicted molar refractivity (Wildman–Crippen MR) is 69.6 cm³/mol. The van der Waals surface area contributed by atoms with Crippen LogP contribution < -0.4 is 14.8 Å². The molecule has 2 aliphatic rings. The van der Waals surface area contributed by atoms with Crippen LogP contribution in [0.15, 0.2) is 18.2 Å². The number of carbonyl (C=O) groups excluding carboxylic acids is 1. The Labute approximate surface area is 115 Å². The van der Waals surface area contributed by atoms with Crippen molar-refractivity contribution in [3.05, 3.63) is 28.3 Å². The van der Waals surface area contributed by atoms with Gasteiger partial charge in [0.1, 0.15) is 5.92 Å². The fourth-order valence-electron chi connectivity index (χ4n) is 2.17. The number of nitrogens with one attached hydrogen (secondary N) is 1. The summed E-state index contributed by atoms with van der Waals surface area (Å²) in [6.45, 7) is 1.17. The number of hydrogen-bond donors (Lipinski definition) is 1. The van der Waals surface area contributed by atoms with E-state index in [-0.39, 0.29) is 5.91 Å². The third-order valence-corrected chi connectivity index (χ3v) is 3.38. The molecule has 0 radical (unpaired) electrons. The van der Waals surface area contributed by atoms with Crippen LogP contribution in [-0.2, 0) is 4.79 Å². The van der Waals surface area contributed by atoms with E-state index in [9.17, 15) is 14.9 Å². The number of ether oxygens (including phenoxy) is 2. The normalized spacial score (nSPS) is 23.6. The Morgan fingerprint density at radius 3 is 2.75 bits per heavy atom. The predicted octanol–water partition coefficient (Wildman–Crippen LogP) is 1.45. The topological polar surface area (TPSA) is 90.7 Å². The third kappa shape index (κ3) is 2.52. The summed E-state index contributed by atoms with van der Waals surface area (Å²) in [7, 11) is 0. The lowest BCUT2D eigenvalue weighted by Gasteiger charge is -2.10. The summed E-state index contributed by atoms with van der Waals surface area (Å²) in [5.74, 6) is 0.388. The number of fused-ring (bicyclic) bond motifs is 1. The highest BCUT2D eigenvalue weighted by atomic mass is 16.6. The minimum absolute atomic E-state index is 0.309. The monoisotopic (exact) mass is 278 g/mol. The first kappa shape index (κ1) is 12.7. The maximum absolute atomic E-state index is 11.8. The molecular formula is C13H14N2O5. The number of rotatable bonds is 3. The van der Waals surface area contributed by atoms with E-state index in [4.69, 9.17) is 9.47 Å². The summed E-state index contributed by atoms with van der Waals surface area (Å²) >= 11 is 0. The van der Waals surface area contributed by atoms with Crippen LogP contribution >= 0.6 is 0 Å². The van der Waals surface area contributed by atoms with E-state index < -0.39 is 16.9 Å². The van der Waals surface area contributed by atoms with E-state index in [1.54, 1.807) is 18.2 Å². The van der Waals surface area contributed by atoms with Gasteiger partial charge in [-0.2, -0.15) is 0 Å². The highest BCUT2D eigenvalue weighted by Gasteiger charge is 2.53. The fourth-order valence-corrected chi connectivity index (χ4v) is 2.17. The molecule has 2 unspecified atom stereocenters. The molecule has 7 nitrogen and oxygen atoms in total. The Balaban J connectivity index is 1.68. The second-order valence-corrected chi connectivity index (χ2v) is 4.90. The van der Waals surface area contributed by atoms with Crippen molar-refractivity contribution in [1.29, 1.82) is 0 Å². The number of benzene rings is 1. The van der Waals surface area contributed by atoms with E-state index in [1.807, 2.05) is 0 Å². The smallest absolute Gasteiger partial charge is 0.234 e. The van der Waals surface area contributed by atoms with Crippen LogP contribution in [0.4, 0.5) is 5.69 Å². The lowest BCUT2D eigenvalue weighted by atomic mass is 10.2. The second kappa shape index (κ2) is 4.99. The Hall–Kier alpha value is -2.31. The number of nitrogens with zero attached hydrogens (tertiary/aromatic N) is 1. The van der Waals surface area contributed by atoms with Gasteiger partial charge in [-0.15, -0.1) is 0 Å². The molecular weight excluding hydrogens is 264 g/mol. The number of carbonyl (C=O) groups is 1. The van der Waals surface area contributed by atoms with E-state index in [0.717, 1.165) is 6.42 Å². The van der Waals surface area contributed by atoms with E-state index in [1.165, 1.54) is 0 Å². The lowest BCUT2D eigenvalue weighted by Crippen LogP contribution is -2.18. The summed E-state index contributed by atoms with van der Waals surface area (Å²) in [6, 6.07) is 4.38. The van der Waals surface area contributed by atoms with E-state index in [2.05, 4.69) is 5.32 Å². The van der Waals surface area contributed by atoms with Crippen LogP contribution in [0.5, 0.6) is 11.5 Å². The zero-order chi connectivity index (χ0) is 14.1. The van der Waals surface area contributed by atoms with E-state index in [0.29, 0.717) is 36.8 Å². The van der Waals surface area contributed by atoms with Crippen molar-refractivity contribution < 1.29 is 19.2 Å². The van der Waals surface area contributed by atoms with Crippen LogP contribution in [0.2, 0.25) is 0 Å². The van der Waals surface area contributed by atoms with Crippen molar-refractivity contribution in [3.63, 3.8) is 0 Å². The summed E-state index contributed by atoms with van der Waals surface area (Å²) < 4.78 is 11.0. The van der Waals surface area contributed by atoms with Gasteiger partial charge in [0.25, 0.3) is 0 Å². The van der Waals surface area contributed by atoms with Gasteiger partial charge < -0.3 is 14.8 Å². The Bertz CT molecular complexity index is 560. The lowest BCUT2D eigenvalue weighted by molar-refractivity contribution is -0.497. The first-order chi connectivity index (χ1) is 9.65. The number of amides is 1. The third-order valence-electron chi connectivity index (χ3n) is 3.38. The van der Waals surface area contributed by atoms with Crippen LogP contribution in [-0.4, -0.2) is 30.1 Å². The van der Waals surface area contributed by atoms with Gasteiger partial charge in [0.05, 0.1) is 13.2 Å². The average molecular weight is 278 g/mol. The molecule has 1 amide bonds. The van der Waals surface area contributed by atoms with Crippen molar-refractivity contribution in [1.82, 2.24) is 0 Å². The second-order valence-electron chi connectivity index (χ2n) is 4.90. The minimum atomic E-state index is -0.740. The molecule has 0 spiro atoms. The number of anilines is 1. The van der Waals surface area contributed by atoms with Crippen molar-refractivity contribution in [2.45, 2.75) is 18.9 Å². The molecule has 1 aromatic rings. The molecule has 1 N–H and O–H groups in total. The van der Waals surface area contributed by atoms with Gasteiger partial charge in [-0.3, -0.25) is 14.9 Å². The molecule has 3 rings (SSSR count). The molecule has 1 aliphatic heterocycles. The maximum atomic E-state index is 11.8. The molecule has 1 aromatic carbocycles. The van der Waals surface area contributed by atoms with Gasteiger partial charge in [-0.25, -0.2) is 0 Å². The van der Waals surface area contributed by atoms with Gasteiger partial charge in [-0.05, 0) is 12.1 Å². The van der Waals surface area contributed by atoms with Gasteiger partial charge in [0, 0.05) is 29.5 Å². The van der Waals surface area contributed by atoms with Gasteiger partial charge in [0.2, 0.25) is 11.9 Å². The number of hydrogen-bond acceptors (Lipinski definition) is 5. The zero-order valence-corrected chi connectivity index (χ0v) is 10.7. The Morgan fingerprint density at radius 1 is 1.30 bits per heavy atom. The zero-order valence-electron chi connectivity index (χ0n) is 10.7. The highest BCUT2D eigenvalue weighted by Crippen LogP contribution is 2.36. The van der Waals surface area contributed by atoms with Crippen molar-refractivity contribution >= 4 is 11.6 Å². The summed E-state index contributed by atoms with van der Waals surface area (Å²) in [4.78, 5) is 22.0. The van der Waals surface area contributed by atoms with Crippen molar-refractivity contribution in [2.24, 2.45) is 5.92 Å². The quantitative estimate of drug-likeness (QED) is 0.667. The summed E-state index contributed by atoms with van der Waals surface area (Å²) in [5.41, 5.74) is 0.563. The van der Waals surface area contributed by atoms with E-state index >= 15 is 0 Å². The largest absolute Gasteiger partial charge is 0.490 e. The average Bonchev–Trinajstić information content (AvgIpc) is 3.22. The molecule has 0 aromatic heterocycles. The summed E-state index contributed by atoms with van der Waals surface area (Å²) in [5, 5.41) is 13.2. The SMILES string of the molecule is O=C(Nc1ccc2c(c1)OCCCO2)C1CC1[N+](=O)[O-]. The van der Waals surface area contributed by atoms with Gasteiger partial charge in [0.15, 0.2) is 11.5 Å². The maximum Gasteiger partial charge on any atom is 0.234 e. The molecule has 7 heteroatoms. The molecule has 106 valence electrons. The molecule has 1 fully saturated rings. The van der Waals surface area contributed by atoms with Crippen LogP contribution in [0, 0.1) is 16.0 Å². The van der Waals surface area contributed by atoms with Crippen molar-refractivity contribution in [3.8, 4) is 11.5 Å². The molecule has 1 heterocycles.